The maximum Gasteiger partial charge on any atom is 0.161 e. The summed E-state index contributed by atoms with van der Waals surface area (Å²) in [5.74, 6) is 0.682. The van der Waals surface area contributed by atoms with Crippen LogP contribution in [0.5, 0.6) is 11.5 Å². The fourth-order valence-electron chi connectivity index (χ4n) is 1.71. The van der Waals surface area contributed by atoms with Gasteiger partial charge in [-0.05, 0) is 24.6 Å². The van der Waals surface area contributed by atoms with Gasteiger partial charge in [0, 0.05) is 27.3 Å². The van der Waals surface area contributed by atoms with Gasteiger partial charge in [0.05, 0.1) is 19.3 Å². The molecule has 1 aromatic rings. The van der Waals surface area contributed by atoms with E-state index >= 15 is 0 Å². The second-order valence-corrected chi connectivity index (χ2v) is 4.18. The first-order valence-corrected chi connectivity index (χ1v) is 6.38. The van der Waals surface area contributed by atoms with E-state index < -0.39 is 0 Å². The van der Waals surface area contributed by atoms with Gasteiger partial charge in [-0.15, -0.1) is 0 Å². The molecule has 1 rings (SSSR count). The summed E-state index contributed by atoms with van der Waals surface area (Å²) in [5, 5.41) is 12.9. The van der Waals surface area contributed by atoms with E-state index in [4.69, 9.17) is 14.2 Å². The Hall–Kier alpha value is -1.30. The molecule has 0 saturated carbocycles. The van der Waals surface area contributed by atoms with E-state index in [0.717, 1.165) is 5.56 Å². The Kier molecular flexibility index (Phi) is 7.25. The van der Waals surface area contributed by atoms with Crippen molar-refractivity contribution < 1.29 is 19.3 Å². The van der Waals surface area contributed by atoms with Gasteiger partial charge in [0.25, 0.3) is 0 Å². The molecule has 0 aromatic heterocycles. The monoisotopic (exact) mass is 269 g/mol. The summed E-state index contributed by atoms with van der Waals surface area (Å²) in [7, 11) is 3.32. The summed E-state index contributed by atoms with van der Waals surface area (Å²) < 4.78 is 15.6. The Bertz CT molecular complexity index is 370. The SMILES string of the molecule is CCOc1cc(CNCC(COC)OC)ccc1O. The van der Waals surface area contributed by atoms with E-state index in [-0.39, 0.29) is 11.9 Å². The van der Waals surface area contributed by atoms with Crippen molar-refractivity contribution in [1.82, 2.24) is 5.32 Å². The van der Waals surface area contributed by atoms with Crippen molar-refractivity contribution >= 4 is 0 Å². The Morgan fingerprint density at radius 2 is 2.11 bits per heavy atom. The molecular weight excluding hydrogens is 246 g/mol. The van der Waals surface area contributed by atoms with Crippen LogP contribution in [0.3, 0.4) is 0 Å². The average Bonchev–Trinajstić information content (AvgIpc) is 2.41. The molecule has 19 heavy (non-hydrogen) atoms. The standard InChI is InChI=1S/C14H23NO4/c1-4-19-14-7-11(5-6-13(14)16)8-15-9-12(18-3)10-17-2/h5-7,12,15-16H,4,8-10H2,1-3H3. The maximum absolute atomic E-state index is 9.61. The van der Waals surface area contributed by atoms with Gasteiger partial charge in [0.15, 0.2) is 11.5 Å². The van der Waals surface area contributed by atoms with Crippen LogP contribution in [0.25, 0.3) is 0 Å². The summed E-state index contributed by atoms with van der Waals surface area (Å²) in [6.07, 6.45) is 0.0356. The van der Waals surface area contributed by atoms with Crippen LogP contribution >= 0.6 is 0 Å². The summed E-state index contributed by atoms with van der Waals surface area (Å²) in [4.78, 5) is 0. The fraction of sp³-hybridized carbons (Fsp3) is 0.571. The summed E-state index contributed by atoms with van der Waals surface area (Å²) in [5.41, 5.74) is 1.05. The first-order valence-electron chi connectivity index (χ1n) is 6.38. The zero-order chi connectivity index (χ0) is 14.1. The molecule has 0 amide bonds. The molecule has 2 N–H and O–H groups in total. The van der Waals surface area contributed by atoms with E-state index in [1.165, 1.54) is 0 Å². The van der Waals surface area contributed by atoms with E-state index in [1.807, 2.05) is 19.1 Å². The van der Waals surface area contributed by atoms with Gasteiger partial charge in [-0.1, -0.05) is 6.07 Å². The molecule has 108 valence electrons. The van der Waals surface area contributed by atoms with Crippen LogP contribution in [-0.4, -0.2) is 45.2 Å². The lowest BCUT2D eigenvalue weighted by molar-refractivity contribution is 0.0288. The van der Waals surface area contributed by atoms with Crippen LogP contribution in [0.1, 0.15) is 12.5 Å². The molecular formula is C14H23NO4. The quantitative estimate of drug-likeness (QED) is 0.712. The van der Waals surface area contributed by atoms with Gasteiger partial charge in [-0.3, -0.25) is 0 Å². The lowest BCUT2D eigenvalue weighted by atomic mass is 10.2. The molecule has 1 atom stereocenters. The molecule has 0 aliphatic heterocycles. The zero-order valence-corrected chi connectivity index (χ0v) is 11.8. The molecule has 0 bridgehead atoms. The smallest absolute Gasteiger partial charge is 0.161 e. The molecule has 1 unspecified atom stereocenters. The van der Waals surface area contributed by atoms with E-state index in [1.54, 1.807) is 20.3 Å². The molecule has 1 aromatic carbocycles. The van der Waals surface area contributed by atoms with Crippen LogP contribution in [0.15, 0.2) is 18.2 Å². The molecule has 5 nitrogen and oxygen atoms in total. The Morgan fingerprint density at radius 3 is 2.74 bits per heavy atom. The number of phenols is 1. The minimum Gasteiger partial charge on any atom is -0.504 e. The van der Waals surface area contributed by atoms with Crippen LogP contribution in [0, 0.1) is 0 Å². The number of hydrogen-bond acceptors (Lipinski definition) is 5. The summed E-state index contributed by atoms with van der Waals surface area (Å²) in [6, 6.07) is 5.35. The van der Waals surface area contributed by atoms with E-state index in [2.05, 4.69) is 5.32 Å². The highest BCUT2D eigenvalue weighted by Crippen LogP contribution is 2.26. The van der Waals surface area contributed by atoms with Gasteiger partial charge in [-0.2, -0.15) is 0 Å². The van der Waals surface area contributed by atoms with Crippen LogP contribution in [-0.2, 0) is 16.0 Å². The first kappa shape index (κ1) is 15.8. The largest absolute Gasteiger partial charge is 0.504 e. The number of ether oxygens (including phenoxy) is 3. The van der Waals surface area contributed by atoms with Crippen LogP contribution < -0.4 is 10.1 Å². The third-order valence-electron chi connectivity index (χ3n) is 2.71. The van der Waals surface area contributed by atoms with Gasteiger partial charge in [-0.25, -0.2) is 0 Å². The number of rotatable bonds is 9. The molecule has 0 saturated heterocycles. The highest BCUT2D eigenvalue weighted by molar-refractivity contribution is 5.41. The molecule has 0 radical (unpaired) electrons. The van der Waals surface area contributed by atoms with Gasteiger partial charge >= 0.3 is 0 Å². The van der Waals surface area contributed by atoms with Crippen molar-refractivity contribution in [3.8, 4) is 11.5 Å². The normalized spacial score (nSPS) is 12.4. The number of hydrogen-bond donors (Lipinski definition) is 2. The lowest BCUT2D eigenvalue weighted by Gasteiger charge is -2.15. The number of phenolic OH excluding ortho intramolecular Hbond substituents is 1. The second kappa shape index (κ2) is 8.74. The predicted octanol–water partition coefficient (Wildman–Crippen LogP) is 1.54. The van der Waals surface area contributed by atoms with Crippen molar-refractivity contribution in [3.63, 3.8) is 0 Å². The minimum atomic E-state index is 0.0356. The van der Waals surface area contributed by atoms with E-state index in [0.29, 0.717) is 32.1 Å². The number of methoxy groups -OCH3 is 2. The lowest BCUT2D eigenvalue weighted by Crippen LogP contribution is -2.31. The molecule has 0 aliphatic rings. The Labute approximate surface area is 114 Å². The number of benzene rings is 1. The molecule has 0 heterocycles. The third kappa shape index (κ3) is 5.46. The topological polar surface area (TPSA) is 60.0 Å². The highest BCUT2D eigenvalue weighted by Gasteiger charge is 2.07. The van der Waals surface area contributed by atoms with Crippen molar-refractivity contribution in [2.24, 2.45) is 0 Å². The van der Waals surface area contributed by atoms with Crippen molar-refractivity contribution in [1.29, 1.82) is 0 Å². The Morgan fingerprint density at radius 1 is 1.32 bits per heavy atom. The van der Waals surface area contributed by atoms with Crippen molar-refractivity contribution in [2.45, 2.75) is 19.6 Å². The molecule has 5 heteroatoms. The molecule has 0 fully saturated rings. The predicted molar refractivity (Wildman–Crippen MR) is 73.7 cm³/mol. The van der Waals surface area contributed by atoms with Gasteiger partial charge in [0.1, 0.15) is 0 Å². The third-order valence-corrected chi connectivity index (χ3v) is 2.71. The van der Waals surface area contributed by atoms with Crippen molar-refractivity contribution in [2.75, 3.05) is 34.0 Å². The number of nitrogens with one attached hydrogen (secondary N) is 1. The minimum absolute atomic E-state index is 0.0356. The van der Waals surface area contributed by atoms with Crippen LogP contribution in [0.2, 0.25) is 0 Å². The number of aromatic hydroxyl groups is 1. The van der Waals surface area contributed by atoms with Crippen LogP contribution in [0.4, 0.5) is 0 Å². The van der Waals surface area contributed by atoms with Crippen molar-refractivity contribution in [3.05, 3.63) is 23.8 Å². The second-order valence-electron chi connectivity index (χ2n) is 4.18. The summed E-state index contributed by atoms with van der Waals surface area (Å²) in [6.45, 7) is 4.37. The first-order chi connectivity index (χ1) is 9.21. The van der Waals surface area contributed by atoms with Gasteiger partial charge < -0.3 is 24.6 Å². The highest BCUT2D eigenvalue weighted by atomic mass is 16.5. The average molecular weight is 269 g/mol. The summed E-state index contributed by atoms with van der Waals surface area (Å²) >= 11 is 0. The van der Waals surface area contributed by atoms with E-state index in [9.17, 15) is 5.11 Å². The van der Waals surface area contributed by atoms with Gasteiger partial charge in [0.2, 0.25) is 0 Å². The maximum atomic E-state index is 9.61. The zero-order valence-electron chi connectivity index (χ0n) is 11.8. The fourth-order valence-corrected chi connectivity index (χ4v) is 1.71. The Balaban J connectivity index is 2.46. The molecule has 0 aliphatic carbocycles. The molecule has 0 spiro atoms.